The Labute approximate surface area is 131 Å². The number of unbranched alkanes of at least 4 members (excludes halogenated alkanes) is 9. The van der Waals surface area contributed by atoms with Crippen LogP contribution in [0.25, 0.3) is 6.08 Å². The summed E-state index contributed by atoms with van der Waals surface area (Å²) >= 11 is 0. The standard InChI is InChI=1S/C20H30O/c1-3-5-6-7-8-9-10-11-12-13-18-21-20-16-14-19(4-2)15-17-20/h2,4,14,16-17H,3,5-13,18H2,1H3. The third kappa shape index (κ3) is 9.33. The van der Waals surface area contributed by atoms with E-state index in [4.69, 9.17) is 11.3 Å². The second-order valence-electron chi connectivity index (χ2n) is 5.68. The molecule has 0 N–H and O–H groups in total. The van der Waals surface area contributed by atoms with Crippen molar-refractivity contribution in [3.8, 4) is 5.75 Å². The quantitative estimate of drug-likeness (QED) is 0.390. The number of benzene rings is 1. The monoisotopic (exact) mass is 286 g/mol. The van der Waals surface area contributed by atoms with Gasteiger partial charge in [0.15, 0.2) is 0 Å². The van der Waals surface area contributed by atoms with Gasteiger partial charge in [0.25, 0.3) is 0 Å². The first-order valence-electron chi connectivity index (χ1n) is 8.56. The van der Waals surface area contributed by atoms with Crippen LogP contribution < -0.4 is 4.74 Å². The molecular weight excluding hydrogens is 256 g/mol. The lowest BCUT2D eigenvalue weighted by Gasteiger charge is -2.06. The number of ether oxygens (including phenoxy) is 1. The second-order valence-corrected chi connectivity index (χ2v) is 5.68. The smallest absolute Gasteiger partial charge is 0.119 e. The molecule has 1 aromatic carbocycles. The van der Waals surface area contributed by atoms with Gasteiger partial charge in [-0.05, 0) is 30.2 Å². The van der Waals surface area contributed by atoms with Crippen LogP contribution in [0, 0.1) is 12.6 Å². The van der Waals surface area contributed by atoms with Crippen LogP contribution >= 0.6 is 0 Å². The van der Waals surface area contributed by atoms with Gasteiger partial charge >= 0.3 is 0 Å². The lowest BCUT2D eigenvalue weighted by atomic mass is 10.1. The summed E-state index contributed by atoms with van der Waals surface area (Å²) in [4.78, 5) is 0. The van der Waals surface area contributed by atoms with E-state index in [1.165, 1.54) is 57.8 Å². The molecule has 0 amide bonds. The normalized spacial score (nSPS) is 10.5. The largest absolute Gasteiger partial charge is 0.494 e. The van der Waals surface area contributed by atoms with Crippen LogP contribution in [-0.2, 0) is 0 Å². The summed E-state index contributed by atoms with van der Waals surface area (Å²) in [5.41, 5.74) is 0.904. The van der Waals surface area contributed by atoms with Gasteiger partial charge in [0.05, 0.1) is 6.61 Å². The fraction of sp³-hybridized carbons (Fsp3) is 0.600. The van der Waals surface area contributed by atoms with Crippen LogP contribution in [0.15, 0.2) is 18.2 Å². The van der Waals surface area contributed by atoms with Gasteiger partial charge in [-0.1, -0.05) is 83.4 Å². The van der Waals surface area contributed by atoms with Crippen molar-refractivity contribution in [3.05, 3.63) is 36.4 Å². The highest BCUT2D eigenvalue weighted by Gasteiger charge is 1.95. The molecule has 0 heterocycles. The molecule has 1 heteroatoms. The lowest BCUT2D eigenvalue weighted by molar-refractivity contribution is 0.304. The van der Waals surface area contributed by atoms with Gasteiger partial charge in [0, 0.05) is 0 Å². The zero-order valence-corrected chi connectivity index (χ0v) is 13.6. The van der Waals surface area contributed by atoms with E-state index < -0.39 is 0 Å². The lowest BCUT2D eigenvalue weighted by Crippen LogP contribution is -1.97. The molecule has 0 aliphatic heterocycles. The van der Waals surface area contributed by atoms with Crippen molar-refractivity contribution in [2.75, 3.05) is 6.61 Å². The summed E-state index contributed by atoms with van der Waals surface area (Å²) in [5, 5.41) is 0. The van der Waals surface area contributed by atoms with Crippen molar-refractivity contribution >= 4 is 6.08 Å². The summed E-state index contributed by atoms with van der Waals surface area (Å²) in [6.45, 7) is 8.49. The van der Waals surface area contributed by atoms with Crippen LogP contribution in [0.1, 0.15) is 76.7 Å². The molecule has 0 aliphatic rings. The molecule has 0 saturated heterocycles. The minimum atomic E-state index is 0.802. The molecule has 0 atom stereocenters. The highest BCUT2D eigenvalue weighted by Crippen LogP contribution is 2.14. The van der Waals surface area contributed by atoms with E-state index in [1.807, 2.05) is 18.2 Å². The van der Waals surface area contributed by atoms with E-state index in [2.05, 4.69) is 13.0 Å². The van der Waals surface area contributed by atoms with Gasteiger partial charge in [0.2, 0.25) is 0 Å². The van der Waals surface area contributed by atoms with Crippen molar-refractivity contribution < 1.29 is 4.74 Å². The molecule has 1 rings (SSSR count). The van der Waals surface area contributed by atoms with Gasteiger partial charge < -0.3 is 4.74 Å². The molecule has 0 saturated carbocycles. The van der Waals surface area contributed by atoms with Crippen LogP contribution in [-0.4, -0.2) is 6.61 Å². The van der Waals surface area contributed by atoms with Crippen LogP contribution in [0.3, 0.4) is 0 Å². The molecule has 0 spiro atoms. The molecular formula is C20H30O. The van der Waals surface area contributed by atoms with E-state index in [9.17, 15) is 0 Å². The predicted molar refractivity (Wildman–Crippen MR) is 91.4 cm³/mol. The molecule has 2 radical (unpaired) electrons. The first-order valence-corrected chi connectivity index (χ1v) is 8.56. The maximum atomic E-state index is 5.69. The first kappa shape index (κ1) is 17.8. The summed E-state index contributed by atoms with van der Waals surface area (Å²) in [6.07, 6.45) is 15.1. The highest BCUT2D eigenvalue weighted by atomic mass is 16.5. The molecule has 0 bridgehead atoms. The van der Waals surface area contributed by atoms with E-state index in [0.717, 1.165) is 24.3 Å². The van der Waals surface area contributed by atoms with E-state index >= 15 is 0 Å². The zero-order valence-electron chi connectivity index (χ0n) is 13.6. The average Bonchev–Trinajstić information content (AvgIpc) is 2.53. The molecule has 116 valence electrons. The van der Waals surface area contributed by atoms with E-state index in [-0.39, 0.29) is 0 Å². The van der Waals surface area contributed by atoms with Crippen molar-refractivity contribution in [3.63, 3.8) is 0 Å². The minimum absolute atomic E-state index is 0.802. The van der Waals surface area contributed by atoms with Gasteiger partial charge in [-0.15, -0.1) is 0 Å². The Morgan fingerprint density at radius 3 is 2.10 bits per heavy atom. The van der Waals surface area contributed by atoms with Crippen molar-refractivity contribution in [2.24, 2.45) is 0 Å². The Kier molecular flexibility index (Phi) is 10.6. The maximum absolute atomic E-state index is 5.69. The number of rotatable bonds is 13. The van der Waals surface area contributed by atoms with Crippen molar-refractivity contribution in [1.29, 1.82) is 0 Å². The Hall–Kier alpha value is -1.24. The maximum Gasteiger partial charge on any atom is 0.119 e. The van der Waals surface area contributed by atoms with Gasteiger partial charge in [0.1, 0.15) is 5.75 Å². The number of hydrogen-bond acceptors (Lipinski definition) is 1. The van der Waals surface area contributed by atoms with Crippen molar-refractivity contribution in [2.45, 2.75) is 71.1 Å². The van der Waals surface area contributed by atoms with Gasteiger partial charge in [-0.25, -0.2) is 0 Å². The minimum Gasteiger partial charge on any atom is -0.494 e. The summed E-state index contributed by atoms with van der Waals surface area (Å²) in [5.74, 6) is 0.886. The highest BCUT2D eigenvalue weighted by molar-refractivity contribution is 5.46. The molecule has 0 aromatic heterocycles. The first-order chi connectivity index (χ1) is 10.4. The molecule has 1 aromatic rings. The van der Waals surface area contributed by atoms with E-state index in [1.54, 1.807) is 6.08 Å². The Bertz CT molecular complexity index is 353. The van der Waals surface area contributed by atoms with Gasteiger partial charge in [-0.2, -0.15) is 0 Å². The van der Waals surface area contributed by atoms with Crippen LogP contribution in [0.5, 0.6) is 5.75 Å². The van der Waals surface area contributed by atoms with Crippen molar-refractivity contribution in [1.82, 2.24) is 0 Å². The molecule has 0 unspecified atom stereocenters. The van der Waals surface area contributed by atoms with Crippen LogP contribution in [0.4, 0.5) is 0 Å². The Balaban J connectivity index is 1.89. The third-order valence-electron chi connectivity index (χ3n) is 3.75. The predicted octanol–water partition coefficient (Wildman–Crippen LogP) is 6.23. The Morgan fingerprint density at radius 1 is 0.952 bits per heavy atom. The molecule has 21 heavy (non-hydrogen) atoms. The van der Waals surface area contributed by atoms with Gasteiger partial charge in [-0.3, -0.25) is 0 Å². The summed E-state index contributed by atoms with van der Waals surface area (Å²) in [7, 11) is 0. The van der Waals surface area contributed by atoms with E-state index in [0.29, 0.717) is 0 Å². The summed E-state index contributed by atoms with van der Waals surface area (Å²) < 4.78 is 5.69. The molecule has 1 nitrogen and oxygen atoms in total. The van der Waals surface area contributed by atoms with Crippen LogP contribution in [0.2, 0.25) is 0 Å². The molecule has 0 fully saturated rings. The third-order valence-corrected chi connectivity index (χ3v) is 3.75. The second kappa shape index (κ2) is 12.5. The molecule has 0 aliphatic carbocycles. The zero-order chi connectivity index (χ0) is 15.2. The number of hydrogen-bond donors (Lipinski definition) is 0. The fourth-order valence-corrected chi connectivity index (χ4v) is 2.40. The Morgan fingerprint density at radius 2 is 1.57 bits per heavy atom. The topological polar surface area (TPSA) is 9.23 Å². The summed E-state index contributed by atoms with van der Waals surface area (Å²) in [6, 6.07) is 8.80. The SMILES string of the molecule is [CH]=Cc1[c]cc(OCCCCCCCCCCCC)cc1. The average molecular weight is 286 g/mol. The fourth-order valence-electron chi connectivity index (χ4n) is 2.40.